The SMILES string of the molecule is Cc1ccc(N2C(=O)C(C)C3c4cc(Br)ccc4OC(=O)C3C2=O)cc1. The summed E-state index contributed by atoms with van der Waals surface area (Å²) in [5.41, 5.74) is 2.21. The highest BCUT2D eigenvalue weighted by molar-refractivity contribution is 9.10. The van der Waals surface area contributed by atoms with Gasteiger partial charge in [-0.25, -0.2) is 4.90 Å². The lowest BCUT2D eigenvalue weighted by molar-refractivity contribution is -0.151. The van der Waals surface area contributed by atoms with Crippen LogP contribution in [-0.2, 0) is 14.4 Å². The molecule has 0 aromatic heterocycles. The number of benzene rings is 2. The van der Waals surface area contributed by atoms with Crippen molar-refractivity contribution in [2.24, 2.45) is 11.8 Å². The number of hydrogen-bond acceptors (Lipinski definition) is 4. The Kier molecular flexibility index (Phi) is 3.95. The number of ether oxygens (including phenoxy) is 1. The number of piperidine rings is 1. The Morgan fingerprint density at radius 1 is 1.00 bits per heavy atom. The maximum atomic E-state index is 13.1. The van der Waals surface area contributed by atoms with Crippen molar-refractivity contribution in [2.75, 3.05) is 4.90 Å². The molecule has 3 atom stereocenters. The maximum absolute atomic E-state index is 13.1. The summed E-state index contributed by atoms with van der Waals surface area (Å²) in [4.78, 5) is 39.8. The van der Waals surface area contributed by atoms with Gasteiger partial charge in [-0.3, -0.25) is 14.4 Å². The third-order valence-corrected chi connectivity index (χ3v) is 5.58. The van der Waals surface area contributed by atoms with Crippen molar-refractivity contribution < 1.29 is 19.1 Å². The fourth-order valence-corrected chi connectivity index (χ4v) is 4.12. The monoisotopic (exact) mass is 413 g/mol. The molecule has 2 aromatic rings. The van der Waals surface area contributed by atoms with Crippen molar-refractivity contribution in [3.05, 3.63) is 58.1 Å². The lowest BCUT2D eigenvalue weighted by Gasteiger charge is -2.42. The van der Waals surface area contributed by atoms with Gasteiger partial charge in [0.05, 0.1) is 5.69 Å². The first kappa shape index (κ1) is 17.0. The number of fused-ring (bicyclic) bond motifs is 3. The molecule has 5 nitrogen and oxygen atoms in total. The van der Waals surface area contributed by atoms with Gasteiger partial charge < -0.3 is 4.74 Å². The van der Waals surface area contributed by atoms with E-state index < -0.39 is 29.6 Å². The van der Waals surface area contributed by atoms with Crippen LogP contribution in [0.2, 0.25) is 0 Å². The van der Waals surface area contributed by atoms with Gasteiger partial charge in [-0.1, -0.05) is 40.5 Å². The Morgan fingerprint density at radius 2 is 1.69 bits per heavy atom. The zero-order valence-electron chi connectivity index (χ0n) is 14.2. The minimum Gasteiger partial charge on any atom is -0.426 e. The van der Waals surface area contributed by atoms with Crippen LogP contribution in [0.15, 0.2) is 46.9 Å². The first-order chi connectivity index (χ1) is 12.4. The molecule has 2 aliphatic heterocycles. The Balaban J connectivity index is 1.82. The van der Waals surface area contributed by atoms with Crippen molar-refractivity contribution in [2.45, 2.75) is 19.8 Å². The van der Waals surface area contributed by atoms with E-state index >= 15 is 0 Å². The summed E-state index contributed by atoms with van der Waals surface area (Å²) in [5.74, 6) is -3.10. The number of halogens is 1. The van der Waals surface area contributed by atoms with E-state index in [9.17, 15) is 14.4 Å². The molecule has 3 unspecified atom stereocenters. The lowest BCUT2D eigenvalue weighted by atomic mass is 9.72. The van der Waals surface area contributed by atoms with Crippen LogP contribution < -0.4 is 9.64 Å². The van der Waals surface area contributed by atoms with Crippen LogP contribution in [0.4, 0.5) is 5.69 Å². The van der Waals surface area contributed by atoms with Crippen LogP contribution >= 0.6 is 15.9 Å². The van der Waals surface area contributed by atoms with E-state index in [2.05, 4.69) is 15.9 Å². The van der Waals surface area contributed by atoms with Crippen LogP contribution in [0, 0.1) is 18.8 Å². The van der Waals surface area contributed by atoms with Gasteiger partial charge in [0.25, 0.3) is 0 Å². The third-order valence-electron chi connectivity index (χ3n) is 5.08. The standard InChI is InChI=1S/C20H16BrNO4/c1-10-3-6-13(7-4-10)22-18(23)11(2)16-14-9-12(21)5-8-15(14)26-20(25)17(16)19(22)24/h3-9,11,16-17H,1-2H3. The van der Waals surface area contributed by atoms with E-state index in [1.807, 2.05) is 25.1 Å². The molecule has 0 spiro atoms. The molecule has 0 bridgehead atoms. The fraction of sp³-hybridized carbons (Fsp3) is 0.250. The van der Waals surface area contributed by atoms with Crippen molar-refractivity contribution >= 4 is 39.4 Å². The smallest absolute Gasteiger partial charge is 0.324 e. The van der Waals surface area contributed by atoms with Crippen molar-refractivity contribution in [1.82, 2.24) is 0 Å². The van der Waals surface area contributed by atoms with E-state index in [0.29, 0.717) is 17.0 Å². The predicted octanol–water partition coefficient (Wildman–Crippen LogP) is 3.59. The van der Waals surface area contributed by atoms with Gasteiger partial charge in [-0.15, -0.1) is 0 Å². The molecule has 26 heavy (non-hydrogen) atoms. The van der Waals surface area contributed by atoms with Crippen LogP contribution in [0.3, 0.4) is 0 Å². The average molecular weight is 414 g/mol. The summed E-state index contributed by atoms with van der Waals surface area (Å²) in [6, 6.07) is 12.4. The van der Waals surface area contributed by atoms with E-state index in [0.717, 1.165) is 14.9 Å². The van der Waals surface area contributed by atoms with E-state index in [1.54, 1.807) is 31.2 Å². The Morgan fingerprint density at radius 3 is 2.38 bits per heavy atom. The van der Waals surface area contributed by atoms with Crippen molar-refractivity contribution in [3.63, 3.8) is 0 Å². The summed E-state index contributed by atoms with van der Waals surface area (Å²) in [6.07, 6.45) is 0. The highest BCUT2D eigenvalue weighted by atomic mass is 79.9. The van der Waals surface area contributed by atoms with Crippen LogP contribution in [0.5, 0.6) is 5.75 Å². The van der Waals surface area contributed by atoms with E-state index in [1.165, 1.54) is 0 Å². The second kappa shape index (κ2) is 6.06. The number of esters is 1. The first-order valence-corrected chi connectivity index (χ1v) is 9.13. The molecule has 6 heteroatoms. The number of aryl methyl sites for hydroxylation is 1. The number of carbonyl (C=O) groups excluding carboxylic acids is 3. The molecule has 2 heterocycles. The average Bonchev–Trinajstić information content (AvgIpc) is 2.61. The molecule has 2 amide bonds. The normalized spacial score (nSPS) is 24.8. The summed E-state index contributed by atoms with van der Waals surface area (Å²) < 4.78 is 6.20. The molecule has 132 valence electrons. The summed E-state index contributed by atoms with van der Waals surface area (Å²) in [7, 11) is 0. The number of rotatable bonds is 1. The van der Waals surface area contributed by atoms with Crippen molar-refractivity contribution in [1.29, 1.82) is 0 Å². The van der Waals surface area contributed by atoms with Gasteiger partial charge in [0, 0.05) is 21.9 Å². The fourth-order valence-electron chi connectivity index (χ4n) is 3.74. The lowest BCUT2D eigenvalue weighted by Crippen LogP contribution is -2.57. The number of hydrogen-bond donors (Lipinski definition) is 0. The third kappa shape index (κ3) is 2.48. The topological polar surface area (TPSA) is 63.7 Å². The van der Waals surface area contributed by atoms with E-state index in [4.69, 9.17) is 4.74 Å². The highest BCUT2D eigenvalue weighted by Crippen LogP contribution is 2.47. The predicted molar refractivity (Wildman–Crippen MR) is 98.8 cm³/mol. The Bertz CT molecular complexity index is 937. The molecule has 4 rings (SSSR count). The van der Waals surface area contributed by atoms with Crippen molar-refractivity contribution in [3.8, 4) is 5.75 Å². The van der Waals surface area contributed by atoms with E-state index in [-0.39, 0.29) is 5.91 Å². The first-order valence-electron chi connectivity index (χ1n) is 8.34. The van der Waals surface area contributed by atoms with Gasteiger partial charge >= 0.3 is 5.97 Å². The summed E-state index contributed by atoms with van der Waals surface area (Å²) in [5, 5.41) is 0. The quantitative estimate of drug-likeness (QED) is 0.310. The molecule has 1 saturated heterocycles. The zero-order valence-corrected chi connectivity index (χ0v) is 15.8. The molecular weight excluding hydrogens is 398 g/mol. The second-order valence-electron chi connectivity index (χ2n) is 6.74. The van der Waals surface area contributed by atoms with Gasteiger partial charge in [0.1, 0.15) is 11.7 Å². The molecule has 0 radical (unpaired) electrons. The minimum absolute atomic E-state index is 0.305. The summed E-state index contributed by atoms with van der Waals surface area (Å²) in [6.45, 7) is 3.69. The molecule has 0 aliphatic carbocycles. The van der Waals surface area contributed by atoms with Gasteiger partial charge in [0.15, 0.2) is 0 Å². The van der Waals surface area contributed by atoms with Gasteiger partial charge in [0.2, 0.25) is 11.8 Å². The van der Waals surface area contributed by atoms with Crippen LogP contribution in [0.25, 0.3) is 0 Å². The Labute approximate surface area is 159 Å². The molecule has 2 aromatic carbocycles. The molecule has 0 saturated carbocycles. The highest BCUT2D eigenvalue weighted by Gasteiger charge is 2.54. The number of carbonyl (C=O) groups is 3. The zero-order chi connectivity index (χ0) is 18.6. The Hall–Kier alpha value is -2.47. The maximum Gasteiger partial charge on any atom is 0.324 e. The second-order valence-corrected chi connectivity index (χ2v) is 7.66. The summed E-state index contributed by atoms with van der Waals surface area (Å²) >= 11 is 3.41. The molecule has 0 N–H and O–H groups in total. The number of amides is 2. The number of imide groups is 1. The molecular formula is C20H16BrNO4. The number of anilines is 1. The van der Waals surface area contributed by atoms with Gasteiger partial charge in [-0.2, -0.15) is 0 Å². The van der Waals surface area contributed by atoms with Crippen LogP contribution in [0.1, 0.15) is 24.0 Å². The van der Waals surface area contributed by atoms with Crippen LogP contribution in [-0.4, -0.2) is 17.8 Å². The molecule has 2 aliphatic rings. The number of nitrogens with zero attached hydrogens (tertiary/aromatic N) is 1. The molecule has 1 fully saturated rings. The minimum atomic E-state index is -1.02. The van der Waals surface area contributed by atoms with Gasteiger partial charge in [-0.05, 0) is 37.3 Å². The largest absolute Gasteiger partial charge is 0.426 e.